The van der Waals surface area contributed by atoms with E-state index in [-0.39, 0.29) is 5.91 Å². The van der Waals surface area contributed by atoms with Gasteiger partial charge in [0.15, 0.2) is 0 Å². The third-order valence-corrected chi connectivity index (χ3v) is 7.56. The van der Waals surface area contributed by atoms with Crippen molar-refractivity contribution in [2.75, 3.05) is 29.8 Å². The standard InChI is InChI=1S/C23H20ClN5O3S/c1-28-11-2-12-29(33(28,31)32)19-6-3-17(4-7-19)23(30)27-18-5-8-21(24)20(14-18)22-13-16(15-25)9-10-26-22/h3-10,13-14H,2,11-12H2,1H3,(H,27,30). The van der Waals surface area contributed by atoms with Crippen molar-refractivity contribution in [2.45, 2.75) is 6.42 Å². The largest absolute Gasteiger partial charge is 0.322 e. The van der Waals surface area contributed by atoms with Gasteiger partial charge in [-0.25, -0.2) is 0 Å². The Kier molecular flexibility index (Phi) is 6.33. The summed E-state index contributed by atoms with van der Waals surface area (Å²) in [6, 6.07) is 16.7. The molecule has 1 aromatic heterocycles. The fraction of sp³-hybridized carbons (Fsp3) is 0.174. The maximum Gasteiger partial charge on any atom is 0.303 e. The van der Waals surface area contributed by atoms with E-state index in [0.717, 1.165) is 6.42 Å². The van der Waals surface area contributed by atoms with Crippen LogP contribution in [0.15, 0.2) is 60.8 Å². The first-order valence-corrected chi connectivity index (χ1v) is 11.9. The maximum absolute atomic E-state index is 12.8. The van der Waals surface area contributed by atoms with E-state index in [1.807, 2.05) is 0 Å². The Balaban J connectivity index is 1.54. The number of hydrogen-bond donors (Lipinski definition) is 1. The first-order valence-electron chi connectivity index (χ1n) is 10.1. The molecule has 1 aliphatic heterocycles. The molecule has 33 heavy (non-hydrogen) atoms. The summed E-state index contributed by atoms with van der Waals surface area (Å²) in [5.74, 6) is -0.354. The number of benzene rings is 2. The average Bonchev–Trinajstić information content (AvgIpc) is 2.82. The van der Waals surface area contributed by atoms with Crippen molar-refractivity contribution in [3.63, 3.8) is 0 Å². The zero-order chi connectivity index (χ0) is 23.6. The number of aromatic nitrogens is 1. The highest BCUT2D eigenvalue weighted by Crippen LogP contribution is 2.30. The van der Waals surface area contributed by atoms with Crippen LogP contribution in [0.2, 0.25) is 5.02 Å². The predicted molar refractivity (Wildman–Crippen MR) is 127 cm³/mol. The van der Waals surface area contributed by atoms with Crippen LogP contribution in [0.4, 0.5) is 11.4 Å². The predicted octanol–water partition coefficient (Wildman–Crippen LogP) is 3.91. The molecule has 1 fully saturated rings. The van der Waals surface area contributed by atoms with Crippen LogP contribution in [0.25, 0.3) is 11.3 Å². The number of amides is 1. The Morgan fingerprint density at radius 1 is 1.12 bits per heavy atom. The highest BCUT2D eigenvalue weighted by atomic mass is 35.5. The van der Waals surface area contributed by atoms with Crippen LogP contribution in [0.5, 0.6) is 0 Å². The lowest BCUT2D eigenvalue weighted by molar-refractivity contribution is 0.102. The number of pyridine rings is 1. The van der Waals surface area contributed by atoms with Crippen LogP contribution in [0, 0.1) is 11.3 Å². The van der Waals surface area contributed by atoms with Gasteiger partial charge >= 0.3 is 10.2 Å². The van der Waals surface area contributed by atoms with Crippen LogP contribution < -0.4 is 9.62 Å². The Morgan fingerprint density at radius 2 is 1.88 bits per heavy atom. The molecule has 10 heteroatoms. The second kappa shape index (κ2) is 9.19. The lowest BCUT2D eigenvalue weighted by atomic mass is 10.1. The number of hydrogen-bond acceptors (Lipinski definition) is 5. The molecular formula is C23H20ClN5O3S. The molecule has 0 atom stereocenters. The van der Waals surface area contributed by atoms with Crippen LogP contribution in [-0.2, 0) is 10.2 Å². The molecule has 1 N–H and O–H groups in total. The van der Waals surface area contributed by atoms with Gasteiger partial charge < -0.3 is 5.32 Å². The summed E-state index contributed by atoms with van der Waals surface area (Å²) < 4.78 is 27.7. The molecule has 3 aromatic rings. The van der Waals surface area contributed by atoms with Crippen LogP contribution >= 0.6 is 11.6 Å². The van der Waals surface area contributed by atoms with E-state index in [9.17, 15) is 13.2 Å². The highest BCUT2D eigenvalue weighted by molar-refractivity contribution is 7.90. The van der Waals surface area contributed by atoms with E-state index < -0.39 is 10.2 Å². The summed E-state index contributed by atoms with van der Waals surface area (Å²) in [5.41, 5.74) is 2.95. The Bertz CT molecular complexity index is 1350. The highest BCUT2D eigenvalue weighted by Gasteiger charge is 2.31. The van der Waals surface area contributed by atoms with E-state index in [2.05, 4.69) is 16.4 Å². The second-order valence-electron chi connectivity index (χ2n) is 7.49. The SMILES string of the molecule is CN1CCCN(c2ccc(C(=O)Nc3ccc(Cl)c(-c4cc(C#N)ccn4)c3)cc2)S1(=O)=O. The molecular weight excluding hydrogens is 462 g/mol. The van der Waals surface area contributed by atoms with E-state index in [1.165, 1.54) is 14.8 Å². The molecule has 0 saturated carbocycles. The molecule has 1 saturated heterocycles. The number of nitriles is 1. The lowest BCUT2D eigenvalue weighted by Gasteiger charge is -2.33. The Labute approximate surface area is 197 Å². The molecule has 0 aliphatic carbocycles. The molecule has 0 bridgehead atoms. The van der Waals surface area contributed by atoms with Gasteiger partial charge in [-0.05, 0) is 61.0 Å². The number of carbonyl (C=O) groups is 1. The van der Waals surface area contributed by atoms with Crippen LogP contribution in [0.3, 0.4) is 0 Å². The van der Waals surface area contributed by atoms with Gasteiger partial charge in [-0.3, -0.25) is 14.1 Å². The fourth-order valence-electron chi connectivity index (χ4n) is 3.53. The number of carbonyl (C=O) groups excluding carboxylic acids is 1. The Hall–Kier alpha value is -3.45. The summed E-state index contributed by atoms with van der Waals surface area (Å²) in [6.45, 7) is 0.880. The first-order chi connectivity index (χ1) is 15.8. The molecule has 0 unspecified atom stereocenters. The minimum absolute atomic E-state index is 0.354. The summed E-state index contributed by atoms with van der Waals surface area (Å²) in [7, 11) is -2.00. The summed E-state index contributed by atoms with van der Waals surface area (Å²) in [6.07, 6.45) is 2.25. The summed E-state index contributed by atoms with van der Waals surface area (Å²) in [4.78, 5) is 17.0. The monoisotopic (exact) mass is 481 g/mol. The molecule has 168 valence electrons. The number of rotatable bonds is 4. The zero-order valence-electron chi connectivity index (χ0n) is 17.7. The number of nitrogens with zero attached hydrogens (tertiary/aromatic N) is 4. The van der Waals surface area contributed by atoms with E-state index in [1.54, 1.807) is 61.6 Å². The van der Waals surface area contributed by atoms with Crippen LogP contribution in [-0.4, -0.2) is 43.8 Å². The molecule has 1 aliphatic rings. The smallest absolute Gasteiger partial charge is 0.303 e. The maximum atomic E-state index is 12.8. The van der Waals surface area contributed by atoms with Crippen molar-refractivity contribution in [1.29, 1.82) is 5.26 Å². The van der Waals surface area contributed by atoms with E-state index >= 15 is 0 Å². The molecule has 1 amide bonds. The summed E-state index contributed by atoms with van der Waals surface area (Å²) in [5, 5.41) is 12.4. The second-order valence-corrected chi connectivity index (χ2v) is 9.86. The third-order valence-electron chi connectivity index (χ3n) is 5.31. The minimum atomic E-state index is -3.55. The fourth-order valence-corrected chi connectivity index (χ4v) is 5.19. The van der Waals surface area contributed by atoms with Crippen molar-refractivity contribution in [3.8, 4) is 17.3 Å². The molecule has 8 nitrogen and oxygen atoms in total. The number of halogens is 1. The van der Waals surface area contributed by atoms with E-state index in [4.69, 9.17) is 16.9 Å². The van der Waals surface area contributed by atoms with Crippen molar-refractivity contribution in [2.24, 2.45) is 0 Å². The minimum Gasteiger partial charge on any atom is -0.322 e. The lowest BCUT2D eigenvalue weighted by Crippen LogP contribution is -2.47. The molecule has 0 spiro atoms. The van der Waals surface area contributed by atoms with Crippen molar-refractivity contribution >= 4 is 39.1 Å². The summed E-state index contributed by atoms with van der Waals surface area (Å²) >= 11 is 6.31. The molecule has 2 aromatic carbocycles. The van der Waals surface area contributed by atoms with Gasteiger partial charge in [-0.15, -0.1) is 0 Å². The van der Waals surface area contributed by atoms with Crippen molar-refractivity contribution < 1.29 is 13.2 Å². The van der Waals surface area contributed by atoms with Gasteiger partial charge in [0.05, 0.1) is 28.0 Å². The van der Waals surface area contributed by atoms with Crippen LogP contribution in [0.1, 0.15) is 22.3 Å². The normalized spacial score (nSPS) is 15.6. The van der Waals surface area contributed by atoms with Crippen molar-refractivity contribution in [1.82, 2.24) is 9.29 Å². The van der Waals surface area contributed by atoms with Gasteiger partial charge in [0.25, 0.3) is 5.91 Å². The molecule has 4 rings (SSSR count). The van der Waals surface area contributed by atoms with E-state index in [0.29, 0.717) is 51.9 Å². The zero-order valence-corrected chi connectivity index (χ0v) is 19.3. The molecule has 2 heterocycles. The van der Waals surface area contributed by atoms with Gasteiger partial charge in [-0.2, -0.15) is 18.0 Å². The quantitative estimate of drug-likeness (QED) is 0.608. The third kappa shape index (κ3) is 4.68. The first kappa shape index (κ1) is 22.7. The number of nitrogens with one attached hydrogen (secondary N) is 1. The van der Waals surface area contributed by atoms with Crippen molar-refractivity contribution in [3.05, 3.63) is 76.9 Å². The number of anilines is 2. The van der Waals surface area contributed by atoms with Gasteiger partial charge in [0.1, 0.15) is 0 Å². The van der Waals surface area contributed by atoms with Gasteiger partial charge in [0.2, 0.25) is 0 Å². The topological polar surface area (TPSA) is 106 Å². The Morgan fingerprint density at radius 3 is 2.61 bits per heavy atom. The molecule has 0 radical (unpaired) electrons. The van der Waals surface area contributed by atoms with Gasteiger partial charge in [0, 0.05) is 43.1 Å². The average molecular weight is 482 g/mol. The van der Waals surface area contributed by atoms with Gasteiger partial charge in [-0.1, -0.05) is 11.6 Å².